The molecule has 0 aliphatic heterocycles. The van der Waals surface area contributed by atoms with Crippen LogP contribution >= 0.6 is 0 Å². The molecule has 0 spiro atoms. The van der Waals surface area contributed by atoms with Gasteiger partial charge in [-0.05, 0) is 0 Å². The Kier molecular flexibility index (Phi) is 2.62. The van der Waals surface area contributed by atoms with Crippen molar-refractivity contribution in [1.82, 2.24) is 4.98 Å². The molecule has 0 unspecified atom stereocenters. The smallest absolute Gasteiger partial charge is 0.269 e. The molecule has 0 bridgehead atoms. The van der Waals surface area contributed by atoms with E-state index in [9.17, 15) is 13.6 Å². The molecule has 0 saturated heterocycles. The minimum atomic E-state index is -3.02. The summed E-state index contributed by atoms with van der Waals surface area (Å²) in [6, 6.07) is 0. The normalized spacial score (nSPS) is 10.8. The van der Waals surface area contributed by atoms with Gasteiger partial charge >= 0.3 is 0 Å². The summed E-state index contributed by atoms with van der Waals surface area (Å²) in [4.78, 5) is 13.1. The van der Waals surface area contributed by atoms with E-state index in [2.05, 4.69) is 4.98 Å². The summed E-state index contributed by atoms with van der Waals surface area (Å²) in [6.07, 6.45) is -2.15. The zero-order chi connectivity index (χ0) is 10.0. The van der Waals surface area contributed by atoms with Crippen LogP contribution in [-0.2, 0) is 6.61 Å². The molecule has 72 valence electrons. The minimum absolute atomic E-state index is 0.280. The van der Waals surface area contributed by atoms with Crippen molar-refractivity contribution in [3.63, 3.8) is 0 Å². The van der Waals surface area contributed by atoms with Crippen molar-refractivity contribution < 1.29 is 19.0 Å². The average Bonchev–Trinajstić information content (AvgIpc) is 2.08. The molecule has 0 aromatic carbocycles. The highest BCUT2D eigenvalue weighted by molar-refractivity contribution is 5.29. The molecular formula is C7H7F2NO3. The second-order valence-corrected chi connectivity index (χ2v) is 2.35. The quantitative estimate of drug-likeness (QED) is 0.637. The van der Waals surface area contributed by atoms with Crippen LogP contribution in [0.25, 0.3) is 0 Å². The van der Waals surface area contributed by atoms with E-state index in [1.165, 1.54) is 0 Å². The van der Waals surface area contributed by atoms with Gasteiger partial charge in [0.2, 0.25) is 5.43 Å². The third kappa shape index (κ3) is 1.67. The summed E-state index contributed by atoms with van der Waals surface area (Å²) in [5.74, 6) is -0.785. The number of aromatic hydroxyl groups is 1. The summed E-state index contributed by atoms with van der Waals surface area (Å²) in [7, 11) is 0. The average molecular weight is 191 g/mol. The third-order valence-electron chi connectivity index (χ3n) is 1.56. The molecule has 4 nitrogen and oxygen atoms in total. The Labute approximate surface area is 71.5 Å². The van der Waals surface area contributed by atoms with Crippen LogP contribution < -0.4 is 5.43 Å². The van der Waals surface area contributed by atoms with Gasteiger partial charge in [-0.1, -0.05) is 0 Å². The number of pyridine rings is 1. The molecule has 1 rings (SSSR count). The highest BCUT2D eigenvalue weighted by Crippen LogP contribution is 2.19. The van der Waals surface area contributed by atoms with Crippen LogP contribution in [0.2, 0.25) is 0 Å². The number of aromatic nitrogens is 1. The van der Waals surface area contributed by atoms with Gasteiger partial charge in [0.25, 0.3) is 6.43 Å². The van der Waals surface area contributed by atoms with Crippen molar-refractivity contribution in [1.29, 1.82) is 0 Å². The molecule has 1 aromatic heterocycles. The number of aliphatic hydroxyl groups excluding tert-OH is 1. The van der Waals surface area contributed by atoms with Crippen molar-refractivity contribution in [3.05, 3.63) is 27.7 Å². The molecule has 0 fully saturated rings. The van der Waals surface area contributed by atoms with Gasteiger partial charge in [0.15, 0.2) is 5.75 Å². The lowest BCUT2D eigenvalue weighted by atomic mass is 10.2. The summed E-state index contributed by atoms with van der Waals surface area (Å²) < 4.78 is 24.4. The van der Waals surface area contributed by atoms with Crippen LogP contribution in [-0.4, -0.2) is 15.2 Å². The highest BCUT2D eigenvalue weighted by atomic mass is 19.3. The Hall–Kier alpha value is -1.43. The predicted octanol–water partition coefficient (Wildman–Crippen LogP) is 0.510. The van der Waals surface area contributed by atoms with Gasteiger partial charge in [-0.15, -0.1) is 0 Å². The van der Waals surface area contributed by atoms with E-state index < -0.39 is 29.8 Å². The minimum Gasteiger partial charge on any atom is -0.503 e. The predicted molar refractivity (Wildman–Crippen MR) is 39.6 cm³/mol. The number of rotatable bonds is 2. The third-order valence-corrected chi connectivity index (χ3v) is 1.56. The van der Waals surface area contributed by atoms with Gasteiger partial charge in [-0.2, -0.15) is 0 Å². The van der Waals surface area contributed by atoms with Crippen LogP contribution in [0.1, 0.15) is 17.7 Å². The molecule has 6 heteroatoms. The van der Waals surface area contributed by atoms with E-state index in [-0.39, 0.29) is 5.69 Å². The topological polar surface area (TPSA) is 73.3 Å². The molecule has 0 saturated carbocycles. The zero-order valence-corrected chi connectivity index (χ0v) is 6.42. The highest BCUT2D eigenvalue weighted by Gasteiger charge is 2.19. The summed E-state index contributed by atoms with van der Waals surface area (Å²) in [5.41, 5.74) is -2.32. The van der Waals surface area contributed by atoms with Crippen LogP contribution in [0, 0.1) is 0 Å². The fourth-order valence-electron chi connectivity index (χ4n) is 0.935. The van der Waals surface area contributed by atoms with Gasteiger partial charge in [0.1, 0.15) is 0 Å². The largest absolute Gasteiger partial charge is 0.503 e. The maximum Gasteiger partial charge on any atom is 0.269 e. The Balaban J connectivity index is 3.42. The van der Waals surface area contributed by atoms with Crippen molar-refractivity contribution in [2.75, 3.05) is 0 Å². The van der Waals surface area contributed by atoms with Crippen LogP contribution in [0.4, 0.5) is 8.78 Å². The lowest BCUT2D eigenvalue weighted by molar-refractivity contribution is 0.144. The number of aromatic amines is 1. The van der Waals surface area contributed by atoms with E-state index in [1.54, 1.807) is 0 Å². The lowest BCUT2D eigenvalue weighted by Crippen LogP contribution is -2.14. The number of alkyl halides is 2. The molecule has 1 heterocycles. The molecule has 3 N–H and O–H groups in total. The van der Waals surface area contributed by atoms with E-state index in [4.69, 9.17) is 10.2 Å². The summed E-state index contributed by atoms with van der Waals surface area (Å²) >= 11 is 0. The first-order chi connectivity index (χ1) is 6.07. The van der Waals surface area contributed by atoms with Crippen molar-refractivity contribution >= 4 is 0 Å². The second-order valence-electron chi connectivity index (χ2n) is 2.35. The second kappa shape index (κ2) is 3.53. The number of aliphatic hydroxyl groups is 1. The fourth-order valence-corrected chi connectivity index (χ4v) is 0.935. The van der Waals surface area contributed by atoms with Gasteiger partial charge in [0, 0.05) is 6.20 Å². The monoisotopic (exact) mass is 191 g/mol. The molecular weight excluding hydrogens is 184 g/mol. The van der Waals surface area contributed by atoms with E-state index >= 15 is 0 Å². The summed E-state index contributed by atoms with van der Waals surface area (Å²) in [5, 5.41) is 17.4. The standard InChI is InChI=1S/C7H7F2NO3/c8-7(9)5-3(2-11)10-1-4(12)6(5)13/h1,7,11-12H,2H2,(H,10,13). The van der Waals surface area contributed by atoms with Crippen molar-refractivity contribution in [2.45, 2.75) is 13.0 Å². The number of hydrogen-bond donors (Lipinski definition) is 3. The first-order valence-corrected chi connectivity index (χ1v) is 3.40. The molecule has 1 aromatic rings. The molecule has 0 aliphatic rings. The maximum absolute atomic E-state index is 12.2. The summed E-state index contributed by atoms with van der Waals surface area (Å²) in [6.45, 7) is -0.699. The lowest BCUT2D eigenvalue weighted by Gasteiger charge is -2.05. The number of nitrogens with one attached hydrogen (secondary N) is 1. The number of halogens is 2. The molecule has 0 amide bonds. The molecule has 0 atom stereocenters. The Morgan fingerprint density at radius 2 is 2.15 bits per heavy atom. The Morgan fingerprint density at radius 1 is 1.54 bits per heavy atom. The Bertz CT molecular complexity index is 361. The van der Waals surface area contributed by atoms with Crippen molar-refractivity contribution in [2.24, 2.45) is 0 Å². The molecule has 13 heavy (non-hydrogen) atoms. The number of hydrogen-bond acceptors (Lipinski definition) is 3. The van der Waals surface area contributed by atoms with E-state index in [0.717, 1.165) is 6.20 Å². The zero-order valence-electron chi connectivity index (χ0n) is 6.42. The molecule has 0 aliphatic carbocycles. The van der Waals surface area contributed by atoms with Crippen LogP contribution in [0.3, 0.4) is 0 Å². The number of H-pyrrole nitrogens is 1. The first-order valence-electron chi connectivity index (χ1n) is 3.40. The van der Waals surface area contributed by atoms with Gasteiger partial charge in [0.05, 0.1) is 17.9 Å². The molecule has 0 radical (unpaired) electrons. The van der Waals surface area contributed by atoms with Gasteiger partial charge in [-0.3, -0.25) is 4.79 Å². The SMILES string of the molecule is O=c1c(O)c[nH]c(CO)c1C(F)F. The van der Waals surface area contributed by atoms with Crippen LogP contribution in [0.15, 0.2) is 11.0 Å². The van der Waals surface area contributed by atoms with Gasteiger partial charge in [-0.25, -0.2) is 8.78 Å². The van der Waals surface area contributed by atoms with Crippen molar-refractivity contribution in [3.8, 4) is 5.75 Å². The van der Waals surface area contributed by atoms with E-state index in [0.29, 0.717) is 0 Å². The maximum atomic E-state index is 12.2. The fraction of sp³-hybridized carbons (Fsp3) is 0.286. The van der Waals surface area contributed by atoms with E-state index in [1.807, 2.05) is 0 Å². The van der Waals surface area contributed by atoms with Crippen LogP contribution in [0.5, 0.6) is 5.75 Å². The van der Waals surface area contributed by atoms with Gasteiger partial charge < -0.3 is 15.2 Å². The first kappa shape index (κ1) is 9.66. The Morgan fingerprint density at radius 3 is 2.62 bits per heavy atom.